The van der Waals surface area contributed by atoms with Crippen molar-refractivity contribution in [1.82, 2.24) is 0 Å². The Bertz CT molecular complexity index is 823. The van der Waals surface area contributed by atoms with Crippen LogP contribution in [0.3, 0.4) is 0 Å². The molecular formula is C25H33NO2. The second-order valence-electron chi connectivity index (χ2n) is 7.45. The van der Waals surface area contributed by atoms with Crippen molar-refractivity contribution in [2.45, 2.75) is 52.9 Å². The molecule has 0 aliphatic heterocycles. The first-order valence-electron chi connectivity index (χ1n) is 10.2. The smallest absolute Gasteiger partial charge is 0.333 e. The molecule has 0 radical (unpaired) electrons. The SMILES string of the molecule is C=C(C)C(=O)OCCc1cc(CCCN)ccc1-c1ccc(CCC)cc1C. The molecule has 0 aliphatic rings. The van der Waals surface area contributed by atoms with Crippen molar-refractivity contribution in [3.8, 4) is 11.1 Å². The molecule has 0 atom stereocenters. The van der Waals surface area contributed by atoms with Gasteiger partial charge in [-0.05, 0) is 73.0 Å². The molecule has 28 heavy (non-hydrogen) atoms. The van der Waals surface area contributed by atoms with Crippen LogP contribution in [0.15, 0.2) is 48.6 Å². The number of hydrogen-bond donors (Lipinski definition) is 1. The number of esters is 1. The van der Waals surface area contributed by atoms with Gasteiger partial charge >= 0.3 is 5.97 Å². The number of carbonyl (C=O) groups excluding carboxylic acids is 1. The molecule has 3 heteroatoms. The Morgan fingerprint density at radius 3 is 2.32 bits per heavy atom. The maximum Gasteiger partial charge on any atom is 0.333 e. The predicted molar refractivity (Wildman–Crippen MR) is 117 cm³/mol. The van der Waals surface area contributed by atoms with Crippen LogP contribution in [0.1, 0.15) is 48.9 Å². The topological polar surface area (TPSA) is 52.3 Å². The Balaban J connectivity index is 2.31. The summed E-state index contributed by atoms with van der Waals surface area (Å²) in [7, 11) is 0. The molecule has 0 amide bonds. The van der Waals surface area contributed by atoms with E-state index in [2.05, 4.69) is 56.8 Å². The normalized spacial score (nSPS) is 10.7. The highest BCUT2D eigenvalue weighted by molar-refractivity contribution is 5.86. The molecule has 0 spiro atoms. The molecule has 2 N–H and O–H groups in total. The van der Waals surface area contributed by atoms with E-state index in [-0.39, 0.29) is 5.97 Å². The Kier molecular flexibility index (Phi) is 8.46. The van der Waals surface area contributed by atoms with Crippen LogP contribution in [-0.4, -0.2) is 19.1 Å². The first-order chi connectivity index (χ1) is 13.5. The largest absolute Gasteiger partial charge is 0.462 e. The second-order valence-corrected chi connectivity index (χ2v) is 7.45. The highest BCUT2D eigenvalue weighted by atomic mass is 16.5. The lowest BCUT2D eigenvalue weighted by Gasteiger charge is -2.15. The number of aryl methyl sites for hydroxylation is 3. The van der Waals surface area contributed by atoms with Gasteiger partial charge in [-0.25, -0.2) is 4.79 Å². The summed E-state index contributed by atoms with van der Waals surface area (Å²) in [5, 5.41) is 0. The minimum Gasteiger partial charge on any atom is -0.462 e. The zero-order valence-electron chi connectivity index (χ0n) is 17.5. The molecule has 2 aromatic rings. The molecule has 0 aromatic heterocycles. The summed E-state index contributed by atoms with van der Waals surface area (Å²) >= 11 is 0. The molecule has 0 unspecified atom stereocenters. The van der Waals surface area contributed by atoms with Crippen LogP contribution in [0.2, 0.25) is 0 Å². The summed E-state index contributed by atoms with van der Waals surface area (Å²) in [5.74, 6) is -0.332. The maximum atomic E-state index is 11.7. The molecule has 0 aliphatic carbocycles. The lowest BCUT2D eigenvalue weighted by Crippen LogP contribution is -2.09. The average Bonchev–Trinajstić information content (AvgIpc) is 2.67. The first-order valence-corrected chi connectivity index (χ1v) is 10.2. The Labute approximate surface area is 169 Å². The fourth-order valence-corrected chi connectivity index (χ4v) is 3.43. The van der Waals surface area contributed by atoms with E-state index < -0.39 is 0 Å². The lowest BCUT2D eigenvalue weighted by atomic mass is 9.91. The van der Waals surface area contributed by atoms with Crippen LogP contribution < -0.4 is 5.73 Å². The van der Waals surface area contributed by atoms with Crippen molar-refractivity contribution < 1.29 is 9.53 Å². The zero-order valence-corrected chi connectivity index (χ0v) is 17.5. The molecule has 3 nitrogen and oxygen atoms in total. The van der Waals surface area contributed by atoms with Gasteiger partial charge < -0.3 is 10.5 Å². The summed E-state index contributed by atoms with van der Waals surface area (Å²) in [6, 6.07) is 13.3. The summed E-state index contributed by atoms with van der Waals surface area (Å²) < 4.78 is 5.34. The molecule has 0 heterocycles. The first kappa shape index (κ1) is 21.9. The average molecular weight is 380 g/mol. The summed E-state index contributed by atoms with van der Waals surface area (Å²) in [4.78, 5) is 11.7. The van der Waals surface area contributed by atoms with Gasteiger partial charge in [-0.15, -0.1) is 0 Å². The molecule has 150 valence electrons. The summed E-state index contributed by atoms with van der Waals surface area (Å²) in [5.41, 5.74) is 13.7. The second kappa shape index (κ2) is 10.8. The number of rotatable bonds is 10. The number of ether oxygens (including phenoxy) is 1. The van der Waals surface area contributed by atoms with Gasteiger partial charge in [-0.2, -0.15) is 0 Å². The highest BCUT2D eigenvalue weighted by Gasteiger charge is 2.11. The number of hydrogen-bond acceptors (Lipinski definition) is 3. The maximum absolute atomic E-state index is 11.7. The quantitative estimate of drug-likeness (QED) is 0.458. The van der Waals surface area contributed by atoms with E-state index in [1.54, 1.807) is 6.92 Å². The van der Waals surface area contributed by atoms with Crippen LogP contribution >= 0.6 is 0 Å². The van der Waals surface area contributed by atoms with Gasteiger partial charge in [0.2, 0.25) is 0 Å². The van der Waals surface area contributed by atoms with E-state index >= 15 is 0 Å². The van der Waals surface area contributed by atoms with Crippen molar-refractivity contribution in [3.63, 3.8) is 0 Å². The minimum atomic E-state index is -0.332. The van der Waals surface area contributed by atoms with Gasteiger partial charge in [0.05, 0.1) is 6.61 Å². The molecular weight excluding hydrogens is 346 g/mol. The minimum absolute atomic E-state index is 0.332. The van der Waals surface area contributed by atoms with E-state index in [0.717, 1.165) is 25.7 Å². The standard InChI is InChI=1S/C25H33NO2/c1-5-7-20-9-11-23(19(4)16-20)24-12-10-21(8-6-14-26)17-22(24)13-15-28-25(27)18(2)3/h9-12,16-17H,2,5-8,13-15,26H2,1,3-4H3. The monoisotopic (exact) mass is 379 g/mol. The third-order valence-electron chi connectivity index (χ3n) is 4.91. The van der Waals surface area contributed by atoms with E-state index in [1.807, 2.05) is 0 Å². The molecule has 0 saturated carbocycles. The zero-order chi connectivity index (χ0) is 20.5. The van der Waals surface area contributed by atoms with E-state index in [4.69, 9.17) is 10.5 Å². The van der Waals surface area contributed by atoms with Crippen molar-refractivity contribution >= 4 is 5.97 Å². The Hall–Kier alpha value is -2.39. The van der Waals surface area contributed by atoms with Gasteiger partial charge in [-0.3, -0.25) is 0 Å². The van der Waals surface area contributed by atoms with Crippen LogP contribution in [0.4, 0.5) is 0 Å². The highest BCUT2D eigenvalue weighted by Crippen LogP contribution is 2.29. The Morgan fingerprint density at radius 2 is 1.71 bits per heavy atom. The fourth-order valence-electron chi connectivity index (χ4n) is 3.43. The third kappa shape index (κ3) is 6.07. The van der Waals surface area contributed by atoms with Gasteiger partial charge in [0.25, 0.3) is 0 Å². The van der Waals surface area contributed by atoms with E-state index in [1.165, 1.54) is 33.4 Å². The van der Waals surface area contributed by atoms with Gasteiger partial charge in [-0.1, -0.05) is 56.3 Å². The van der Waals surface area contributed by atoms with Crippen LogP contribution in [0, 0.1) is 6.92 Å². The van der Waals surface area contributed by atoms with Crippen molar-refractivity contribution in [3.05, 3.63) is 70.8 Å². The molecule has 2 rings (SSSR count). The van der Waals surface area contributed by atoms with Crippen molar-refractivity contribution in [2.75, 3.05) is 13.2 Å². The van der Waals surface area contributed by atoms with E-state index in [0.29, 0.717) is 25.1 Å². The molecule has 0 bridgehead atoms. The number of carbonyl (C=O) groups is 1. The molecule has 0 saturated heterocycles. The van der Waals surface area contributed by atoms with Crippen LogP contribution in [0.5, 0.6) is 0 Å². The van der Waals surface area contributed by atoms with Gasteiger partial charge in [0.1, 0.15) is 0 Å². The number of nitrogens with two attached hydrogens (primary N) is 1. The third-order valence-corrected chi connectivity index (χ3v) is 4.91. The van der Waals surface area contributed by atoms with Gasteiger partial charge in [0.15, 0.2) is 0 Å². The lowest BCUT2D eigenvalue weighted by molar-refractivity contribution is -0.138. The van der Waals surface area contributed by atoms with Crippen LogP contribution in [-0.2, 0) is 28.8 Å². The van der Waals surface area contributed by atoms with Crippen molar-refractivity contribution in [1.29, 1.82) is 0 Å². The summed E-state index contributed by atoms with van der Waals surface area (Å²) in [6.45, 7) is 10.7. The van der Waals surface area contributed by atoms with Crippen molar-refractivity contribution in [2.24, 2.45) is 5.73 Å². The van der Waals surface area contributed by atoms with Gasteiger partial charge in [0, 0.05) is 12.0 Å². The number of benzene rings is 2. The molecule has 0 fully saturated rings. The molecule has 2 aromatic carbocycles. The van der Waals surface area contributed by atoms with E-state index in [9.17, 15) is 4.79 Å². The predicted octanol–water partition coefficient (Wildman–Crippen LogP) is 5.17. The fraction of sp³-hybridized carbons (Fsp3) is 0.400. The Morgan fingerprint density at radius 1 is 1.04 bits per heavy atom. The van der Waals surface area contributed by atoms with Crippen LogP contribution in [0.25, 0.3) is 11.1 Å². The summed E-state index contributed by atoms with van der Waals surface area (Å²) in [6.07, 6.45) is 4.86.